The van der Waals surface area contributed by atoms with E-state index in [2.05, 4.69) is 19.9 Å². The SMILES string of the molecule is COc1ncnc(C2CC2)c1-c1ncc2ccc(=O)n(Cc3ccc(-c4nc(C(F)(F)F)cn4C)cc3)c2c1F. The molecule has 0 bridgehead atoms. The highest BCUT2D eigenvalue weighted by Crippen LogP contribution is 2.46. The lowest BCUT2D eigenvalue weighted by molar-refractivity contribution is -0.140. The van der Waals surface area contributed by atoms with Gasteiger partial charge in [0.25, 0.3) is 5.56 Å². The topological polar surface area (TPSA) is 87.7 Å². The Morgan fingerprint density at radius 2 is 1.80 bits per heavy atom. The highest BCUT2D eigenvalue weighted by molar-refractivity contribution is 5.84. The first-order valence-electron chi connectivity index (χ1n) is 12.4. The second kappa shape index (κ2) is 9.54. The van der Waals surface area contributed by atoms with Gasteiger partial charge < -0.3 is 13.9 Å². The van der Waals surface area contributed by atoms with Crippen LogP contribution in [0.25, 0.3) is 33.5 Å². The summed E-state index contributed by atoms with van der Waals surface area (Å²) < 4.78 is 63.6. The molecular formula is C28H22F4N6O2. The van der Waals surface area contributed by atoms with Crippen LogP contribution in [0.3, 0.4) is 0 Å². The van der Waals surface area contributed by atoms with E-state index in [0.717, 1.165) is 19.0 Å². The van der Waals surface area contributed by atoms with Gasteiger partial charge in [-0.15, -0.1) is 0 Å². The second-order valence-corrected chi connectivity index (χ2v) is 9.66. The van der Waals surface area contributed by atoms with Crippen LogP contribution in [-0.4, -0.2) is 36.2 Å². The molecule has 204 valence electrons. The molecule has 5 aromatic rings. The number of rotatable bonds is 6. The molecule has 4 aromatic heterocycles. The molecule has 0 radical (unpaired) electrons. The van der Waals surface area contributed by atoms with E-state index >= 15 is 4.39 Å². The molecule has 4 heterocycles. The molecule has 0 spiro atoms. The number of ether oxygens (including phenoxy) is 1. The summed E-state index contributed by atoms with van der Waals surface area (Å²) in [5.41, 5.74) is 0.777. The minimum atomic E-state index is -4.56. The summed E-state index contributed by atoms with van der Waals surface area (Å²) in [6.45, 7) is 0.0170. The number of halogens is 4. The maximum absolute atomic E-state index is 16.3. The molecule has 1 aliphatic rings. The Labute approximate surface area is 224 Å². The number of hydrogen-bond acceptors (Lipinski definition) is 6. The van der Waals surface area contributed by atoms with Crippen molar-refractivity contribution in [3.05, 3.63) is 88.2 Å². The first kappa shape index (κ1) is 25.7. The van der Waals surface area contributed by atoms with Gasteiger partial charge in [0.2, 0.25) is 5.88 Å². The van der Waals surface area contributed by atoms with Gasteiger partial charge in [-0.2, -0.15) is 13.2 Å². The van der Waals surface area contributed by atoms with Crippen LogP contribution < -0.4 is 10.3 Å². The van der Waals surface area contributed by atoms with Crippen LogP contribution in [0.5, 0.6) is 5.88 Å². The highest BCUT2D eigenvalue weighted by Gasteiger charge is 2.35. The average molecular weight is 551 g/mol. The number of aromatic nitrogens is 6. The summed E-state index contributed by atoms with van der Waals surface area (Å²) in [6, 6.07) is 9.42. The van der Waals surface area contributed by atoms with Crippen molar-refractivity contribution in [3.63, 3.8) is 0 Å². The fourth-order valence-corrected chi connectivity index (χ4v) is 4.82. The third-order valence-corrected chi connectivity index (χ3v) is 6.92. The standard InChI is InChI=1S/C28H22F4N6O2/c1-37-13-19(28(30,31)32)36-26(37)17-5-3-15(4-6-17)12-38-20(39)10-9-18-11-33-24(22(29)25(18)38)21-23(16-7-8-16)34-14-35-27(21)40-2/h3-6,9-11,13-14,16H,7-8,12H2,1-2H3. The van der Waals surface area contributed by atoms with Crippen LogP contribution >= 0.6 is 0 Å². The molecule has 1 saturated carbocycles. The molecule has 1 aromatic carbocycles. The lowest BCUT2D eigenvalue weighted by Crippen LogP contribution is -2.21. The van der Waals surface area contributed by atoms with Gasteiger partial charge in [0.1, 0.15) is 17.8 Å². The van der Waals surface area contributed by atoms with Crippen molar-refractivity contribution in [2.24, 2.45) is 7.05 Å². The van der Waals surface area contributed by atoms with Crippen LogP contribution in [-0.2, 0) is 19.8 Å². The molecular weight excluding hydrogens is 528 g/mol. The molecule has 6 rings (SSSR count). The van der Waals surface area contributed by atoms with Gasteiger partial charge in [0.05, 0.1) is 30.4 Å². The van der Waals surface area contributed by atoms with Gasteiger partial charge in [-0.3, -0.25) is 9.78 Å². The number of nitrogens with zero attached hydrogens (tertiary/aromatic N) is 6. The van der Waals surface area contributed by atoms with Gasteiger partial charge in [-0.05, 0) is 24.5 Å². The van der Waals surface area contributed by atoms with Crippen LogP contribution in [0.15, 0.2) is 59.9 Å². The predicted molar refractivity (Wildman–Crippen MR) is 138 cm³/mol. The fraction of sp³-hybridized carbons (Fsp3) is 0.250. The van der Waals surface area contributed by atoms with Gasteiger partial charge in [-0.25, -0.2) is 19.3 Å². The third kappa shape index (κ3) is 4.48. The Morgan fingerprint density at radius 1 is 1.05 bits per heavy atom. The number of methoxy groups -OCH3 is 1. The number of pyridine rings is 2. The summed E-state index contributed by atoms with van der Waals surface area (Å²) in [5.74, 6) is -0.194. The Hall–Kier alpha value is -4.61. The second-order valence-electron chi connectivity index (χ2n) is 9.66. The predicted octanol–water partition coefficient (Wildman–Crippen LogP) is 5.35. The first-order valence-corrected chi connectivity index (χ1v) is 12.4. The monoisotopic (exact) mass is 550 g/mol. The molecule has 0 saturated heterocycles. The molecule has 0 N–H and O–H groups in total. The van der Waals surface area contributed by atoms with Gasteiger partial charge in [-0.1, -0.05) is 24.3 Å². The molecule has 0 amide bonds. The molecule has 1 fully saturated rings. The summed E-state index contributed by atoms with van der Waals surface area (Å²) in [7, 11) is 2.92. The zero-order valence-corrected chi connectivity index (χ0v) is 21.4. The maximum Gasteiger partial charge on any atom is 0.434 e. The van der Waals surface area contributed by atoms with Crippen LogP contribution in [0.2, 0.25) is 0 Å². The van der Waals surface area contributed by atoms with Crippen LogP contribution in [0.4, 0.5) is 17.6 Å². The normalized spacial score (nSPS) is 13.7. The van der Waals surface area contributed by atoms with Crippen molar-refractivity contribution < 1.29 is 22.3 Å². The van der Waals surface area contributed by atoms with Gasteiger partial charge in [0, 0.05) is 42.4 Å². The van der Waals surface area contributed by atoms with Gasteiger partial charge in [0.15, 0.2) is 11.5 Å². The summed E-state index contributed by atoms with van der Waals surface area (Å²) in [6.07, 6.45) is 1.07. The average Bonchev–Trinajstić information content (AvgIpc) is 3.70. The maximum atomic E-state index is 16.3. The number of hydrogen-bond donors (Lipinski definition) is 0. The number of alkyl halides is 3. The molecule has 8 nitrogen and oxygen atoms in total. The van der Waals surface area contributed by atoms with Crippen LogP contribution in [0.1, 0.15) is 35.7 Å². The third-order valence-electron chi connectivity index (χ3n) is 6.92. The van der Waals surface area contributed by atoms with Crippen molar-refractivity contribution in [1.29, 1.82) is 0 Å². The summed E-state index contributed by atoms with van der Waals surface area (Å²) in [4.78, 5) is 29.6. The van der Waals surface area contributed by atoms with Crippen molar-refractivity contribution in [2.75, 3.05) is 7.11 Å². The minimum absolute atomic E-state index is 0.00296. The van der Waals surface area contributed by atoms with E-state index in [1.165, 1.54) is 47.9 Å². The Bertz CT molecular complexity index is 1810. The molecule has 0 unspecified atom stereocenters. The molecule has 1 aliphatic carbocycles. The lowest BCUT2D eigenvalue weighted by atomic mass is 10.1. The van der Waals surface area contributed by atoms with Crippen molar-refractivity contribution in [1.82, 2.24) is 29.1 Å². The molecule has 0 atom stereocenters. The van der Waals surface area contributed by atoms with Crippen LogP contribution in [0, 0.1) is 5.82 Å². The first-order chi connectivity index (χ1) is 19.2. The van der Waals surface area contributed by atoms with E-state index in [-0.39, 0.29) is 35.4 Å². The largest absolute Gasteiger partial charge is 0.480 e. The fourth-order valence-electron chi connectivity index (χ4n) is 4.82. The zero-order valence-electron chi connectivity index (χ0n) is 21.4. The molecule has 0 aliphatic heterocycles. The summed E-state index contributed by atoms with van der Waals surface area (Å²) in [5, 5.41) is 0.425. The number of fused-ring (bicyclic) bond motifs is 1. The Kier molecular flexibility index (Phi) is 6.12. The summed E-state index contributed by atoms with van der Waals surface area (Å²) >= 11 is 0. The van der Waals surface area contributed by atoms with E-state index < -0.39 is 23.2 Å². The Morgan fingerprint density at radius 3 is 2.45 bits per heavy atom. The van der Waals surface area contributed by atoms with E-state index in [4.69, 9.17) is 4.74 Å². The number of benzene rings is 1. The van der Waals surface area contributed by atoms with Crippen molar-refractivity contribution in [3.8, 4) is 28.5 Å². The van der Waals surface area contributed by atoms with E-state index in [1.807, 2.05) is 0 Å². The molecule has 12 heteroatoms. The highest BCUT2D eigenvalue weighted by atomic mass is 19.4. The quantitative estimate of drug-likeness (QED) is 0.265. The van der Waals surface area contributed by atoms with E-state index in [1.54, 1.807) is 24.3 Å². The van der Waals surface area contributed by atoms with Crippen molar-refractivity contribution in [2.45, 2.75) is 31.5 Å². The Balaban J connectivity index is 1.41. The van der Waals surface area contributed by atoms with Gasteiger partial charge >= 0.3 is 6.18 Å². The smallest absolute Gasteiger partial charge is 0.434 e. The zero-order chi connectivity index (χ0) is 28.2. The number of aryl methyl sites for hydroxylation is 1. The lowest BCUT2D eigenvalue weighted by Gasteiger charge is -2.15. The van der Waals surface area contributed by atoms with E-state index in [0.29, 0.717) is 27.8 Å². The van der Waals surface area contributed by atoms with E-state index in [9.17, 15) is 18.0 Å². The minimum Gasteiger partial charge on any atom is -0.480 e. The molecule has 40 heavy (non-hydrogen) atoms. The number of imidazole rings is 1. The van der Waals surface area contributed by atoms with Crippen molar-refractivity contribution >= 4 is 10.9 Å².